The van der Waals surface area contributed by atoms with Crippen LogP contribution >= 0.6 is 0 Å². The summed E-state index contributed by atoms with van der Waals surface area (Å²) in [6.45, 7) is 7.68. The fraction of sp³-hybridized carbons (Fsp3) is 1.00. The SMILES string of the molecule is C[C@H](CO)CC1CC(C)(C)CO1. The maximum absolute atomic E-state index is 8.87. The van der Waals surface area contributed by atoms with E-state index in [1.54, 1.807) is 0 Å². The van der Waals surface area contributed by atoms with E-state index in [1.807, 2.05) is 0 Å². The maximum Gasteiger partial charge on any atom is 0.0584 e. The lowest BCUT2D eigenvalue weighted by molar-refractivity contribution is 0.0739. The predicted octanol–water partition coefficient (Wildman–Crippen LogP) is 1.82. The summed E-state index contributed by atoms with van der Waals surface area (Å²) < 4.78 is 5.63. The molecule has 0 aliphatic carbocycles. The van der Waals surface area contributed by atoms with Crippen molar-refractivity contribution in [2.45, 2.75) is 39.7 Å². The molecule has 0 aromatic rings. The van der Waals surface area contributed by atoms with Gasteiger partial charge in [0.05, 0.1) is 12.7 Å². The lowest BCUT2D eigenvalue weighted by atomic mass is 9.88. The summed E-state index contributed by atoms with van der Waals surface area (Å²) in [4.78, 5) is 0. The van der Waals surface area contributed by atoms with Crippen LogP contribution in [0.5, 0.6) is 0 Å². The first-order valence-electron chi connectivity index (χ1n) is 4.76. The molecule has 0 amide bonds. The van der Waals surface area contributed by atoms with Crippen molar-refractivity contribution in [1.29, 1.82) is 0 Å². The van der Waals surface area contributed by atoms with Crippen molar-refractivity contribution in [1.82, 2.24) is 0 Å². The van der Waals surface area contributed by atoms with Crippen molar-refractivity contribution >= 4 is 0 Å². The van der Waals surface area contributed by atoms with E-state index in [0.717, 1.165) is 19.4 Å². The molecule has 72 valence electrons. The molecule has 1 saturated heterocycles. The lowest BCUT2D eigenvalue weighted by Gasteiger charge is -2.15. The van der Waals surface area contributed by atoms with Crippen LogP contribution in [-0.2, 0) is 4.74 Å². The van der Waals surface area contributed by atoms with E-state index < -0.39 is 0 Å². The van der Waals surface area contributed by atoms with Gasteiger partial charge in [-0.2, -0.15) is 0 Å². The van der Waals surface area contributed by atoms with Crippen molar-refractivity contribution in [3.8, 4) is 0 Å². The Morgan fingerprint density at radius 1 is 1.58 bits per heavy atom. The first-order valence-corrected chi connectivity index (χ1v) is 4.76. The molecule has 1 aliphatic heterocycles. The van der Waals surface area contributed by atoms with Crippen LogP contribution < -0.4 is 0 Å². The molecule has 0 aromatic heterocycles. The minimum atomic E-state index is 0.278. The fourth-order valence-electron chi connectivity index (χ4n) is 1.75. The standard InChI is InChI=1S/C10H20O2/c1-8(6-11)4-9-5-10(2,3)7-12-9/h8-9,11H,4-7H2,1-3H3/t8-,9?/m0/s1. The van der Waals surface area contributed by atoms with Crippen LogP contribution in [0.25, 0.3) is 0 Å². The minimum absolute atomic E-state index is 0.278. The van der Waals surface area contributed by atoms with Gasteiger partial charge >= 0.3 is 0 Å². The summed E-state index contributed by atoms with van der Waals surface area (Å²) in [7, 11) is 0. The van der Waals surface area contributed by atoms with Crippen LogP contribution in [0.4, 0.5) is 0 Å². The zero-order valence-electron chi connectivity index (χ0n) is 8.34. The van der Waals surface area contributed by atoms with Gasteiger partial charge in [0.15, 0.2) is 0 Å². The van der Waals surface area contributed by atoms with E-state index >= 15 is 0 Å². The molecule has 0 radical (unpaired) electrons. The van der Waals surface area contributed by atoms with E-state index in [9.17, 15) is 0 Å². The van der Waals surface area contributed by atoms with Crippen molar-refractivity contribution in [2.24, 2.45) is 11.3 Å². The number of rotatable bonds is 3. The van der Waals surface area contributed by atoms with Gasteiger partial charge in [-0.05, 0) is 24.2 Å². The topological polar surface area (TPSA) is 29.5 Å². The summed E-state index contributed by atoms with van der Waals surface area (Å²) in [6, 6.07) is 0. The molecular formula is C10H20O2. The molecule has 1 aliphatic rings. The highest BCUT2D eigenvalue weighted by atomic mass is 16.5. The van der Waals surface area contributed by atoms with E-state index in [2.05, 4.69) is 20.8 Å². The van der Waals surface area contributed by atoms with E-state index in [4.69, 9.17) is 9.84 Å². The van der Waals surface area contributed by atoms with Crippen LogP contribution in [-0.4, -0.2) is 24.4 Å². The largest absolute Gasteiger partial charge is 0.396 e. The summed E-state index contributed by atoms with van der Waals surface area (Å²) >= 11 is 0. The summed E-state index contributed by atoms with van der Waals surface area (Å²) in [5.41, 5.74) is 0.347. The second-order valence-electron chi connectivity index (χ2n) is 4.82. The highest BCUT2D eigenvalue weighted by Crippen LogP contribution is 2.33. The second-order valence-corrected chi connectivity index (χ2v) is 4.82. The van der Waals surface area contributed by atoms with Crippen LogP contribution in [0.1, 0.15) is 33.6 Å². The third-order valence-corrected chi connectivity index (χ3v) is 2.47. The predicted molar refractivity (Wildman–Crippen MR) is 49.0 cm³/mol. The summed E-state index contributed by atoms with van der Waals surface area (Å²) in [6.07, 6.45) is 2.51. The Bertz CT molecular complexity index is 143. The Morgan fingerprint density at radius 2 is 2.25 bits per heavy atom. The van der Waals surface area contributed by atoms with Crippen molar-refractivity contribution in [3.05, 3.63) is 0 Å². The number of aliphatic hydroxyl groups excluding tert-OH is 1. The van der Waals surface area contributed by atoms with Gasteiger partial charge in [0.25, 0.3) is 0 Å². The normalized spacial score (nSPS) is 30.5. The highest BCUT2D eigenvalue weighted by molar-refractivity contribution is 4.81. The molecule has 0 saturated carbocycles. The van der Waals surface area contributed by atoms with Crippen molar-refractivity contribution in [3.63, 3.8) is 0 Å². The molecule has 0 bridgehead atoms. The maximum atomic E-state index is 8.87. The molecular weight excluding hydrogens is 152 g/mol. The zero-order valence-corrected chi connectivity index (χ0v) is 8.34. The van der Waals surface area contributed by atoms with E-state index in [0.29, 0.717) is 17.4 Å². The van der Waals surface area contributed by atoms with Gasteiger partial charge in [0, 0.05) is 6.61 Å². The van der Waals surface area contributed by atoms with Crippen LogP contribution in [0.2, 0.25) is 0 Å². The van der Waals surface area contributed by atoms with E-state index in [-0.39, 0.29) is 6.61 Å². The Morgan fingerprint density at radius 3 is 2.67 bits per heavy atom. The van der Waals surface area contributed by atoms with Gasteiger partial charge in [-0.25, -0.2) is 0 Å². The Kier molecular flexibility index (Phi) is 3.13. The monoisotopic (exact) mass is 172 g/mol. The zero-order chi connectivity index (χ0) is 9.19. The molecule has 2 heteroatoms. The van der Waals surface area contributed by atoms with E-state index in [1.165, 1.54) is 0 Å². The third-order valence-electron chi connectivity index (χ3n) is 2.47. The minimum Gasteiger partial charge on any atom is -0.396 e. The number of ether oxygens (including phenoxy) is 1. The van der Waals surface area contributed by atoms with Crippen molar-refractivity contribution in [2.75, 3.05) is 13.2 Å². The molecule has 1 rings (SSSR count). The molecule has 0 spiro atoms. The van der Waals surface area contributed by atoms with Gasteiger partial charge in [0.2, 0.25) is 0 Å². The van der Waals surface area contributed by atoms with Crippen LogP contribution in [0.3, 0.4) is 0 Å². The summed E-state index contributed by atoms with van der Waals surface area (Å²) in [5.74, 6) is 0.379. The molecule has 0 aromatic carbocycles. The first kappa shape index (κ1) is 10.0. The van der Waals surface area contributed by atoms with Crippen molar-refractivity contribution < 1.29 is 9.84 Å². The van der Waals surface area contributed by atoms with Gasteiger partial charge in [-0.15, -0.1) is 0 Å². The lowest BCUT2D eigenvalue weighted by Crippen LogP contribution is -2.14. The molecule has 1 unspecified atom stereocenters. The third kappa shape index (κ3) is 2.76. The van der Waals surface area contributed by atoms with Gasteiger partial charge < -0.3 is 9.84 Å². The highest BCUT2D eigenvalue weighted by Gasteiger charge is 2.32. The fourth-order valence-corrected chi connectivity index (χ4v) is 1.75. The van der Waals surface area contributed by atoms with Gasteiger partial charge in [0.1, 0.15) is 0 Å². The molecule has 12 heavy (non-hydrogen) atoms. The average molecular weight is 172 g/mol. The molecule has 2 atom stereocenters. The Balaban J connectivity index is 2.28. The first-order chi connectivity index (χ1) is 5.53. The number of aliphatic hydroxyl groups is 1. The van der Waals surface area contributed by atoms with Crippen LogP contribution in [0.15, 0.2) is 0 Å². The van der Waals surface area contributed by atoms with Gasteiger partial charge in [-0.1, -0.05) is 20.8 Å². The average Bonchev–Trinajstić information content (AvgIpc) is 2.30. The second kappa shape index (κ2) is 3.75. The molecule has 1 fully saturated rings. The van der Waals surface area contributed by atoms with Gasteiger partial charge in [-0.3, -0.25) is 0 Å². The smallest absolute Gasteiger partial charge is 0.0584 e. The van der Waals surface area contributed by atoms with Crippen LogP contribution in [0, 0.1) is 11.3 Å². The Hall–Kier alpha value is -0.0800. The molecule has 2 nitrogen and oxygen atoms in total. The Labute approximate surface area is 74.9 Å². The quantitative estimate of drug-likeness (QED) is 0.703. The number of hydrogen-bond donors (Lipinski definition) is 1. The number of hydrogen-bond acceptors (Lipinski definition) is 2. The molecule has 1 N–H and O–H groups in total. The summed E-state index contributed by atoms with van der Waals surface area (Å²) in [5, 5.41) is 8.87. The molecule has 1 heterocycles.